The SMILES string of the molecule is Cn1c(=O)oc2cc(S(=O)(=O)N3CCCC(CCN)C3)ccc21. The van der Waals surface area contributed by atoms with Crippen molar-refractivity contribution in [1.29, 1.82) is 0 Å². The maximum Gasteiger partial charge on any atom is 0.419 e. The van der Waals surface area contributed by atoms with Crippen LogP contribution < -0.4 is 11.5 Å². The zero-order valence-electron chi connectivity index (χ0n) is 13.1. The molecule has 0 amide bonds. The number of nitrogens with two attached hydrogens (primary N) is 1. The van der Waals surface area contributed by atoms with Crippen LogP contribution in [0.1, 0.15) is 19.3 Å². The topological polar surface area (TPSA) is 98.5 Å². The van der Waals surface area contributed by atoms with E-state index >= 15 is 0 Å². The fourth-order valence-corrected chi connectivity index (χ4v) is 4.71. The number of oxazole rings is 1. The molecule has 7 nitrogen and oxygen atoms in total. The van der Waals surface area contributed by atoms with E-state index in [1.807, 2.05) is 0 Å². The lowest BCUT2D eigenvalue weighted by Gasteiger charge is -2.31. The molecule has 1 aliphatic heterocycles. The Kier molecular flexibility index (Phi) is 4.31. The Labute approximate surface area is 134 Å². The summed E-state index contributed by atoms with van der Waals surface area (Å²) in [5.41, 5.74) is 6.46. The first-order chi connectivity index (χ1) is 10.9. The molecule has 1 atom stereocenters. The number of hydrogen-bond acceptors (Lipinski definition) is 5. The molecule has 1 fully saturated rings. The average Bonchev–Trinajstić information content (AvgIpc) is 2.82. The first kappa shape index (κ1) is 16.2. The summed E-state index contributed by atoms with van der Waals surface area (Å²) in [6.07, 6.45) is 2.68. The molecular weight excluding hydrogens is 318 g/mol. The number of rotatable bonds is 4. The summed E-state index contributed by atoms with van der Waals surface area (Å²) in [5, 5.41) is 0. The zero-order valence-corrected chi connectivity index (χ0v) is 13.9. The lowest BCUT2D eigenvalue weighted by molar-refractivity contribution is 0.258. The third kappa shape index (κ3) is 2.93. The highest BCUT2D eigenvalue weighted by molar-refractivity contribution is 7.89. The normalized spacial score (nSPS) is 20.2. The van der Waals surface area contributed by atoms with Crippen molar-refractivity contribution in [3.63, 3.8) is 0 Å². The fraction of sp³-hybridized carbons (Fsp3) is 0.533. The second kappa shape index (κ2) is 6.10. The fourth-order valence-electron chi connectivity index (χ4n) is 3.14. The summed E-state index contributed by atoms with van der Waals surface area (Å²) >= 11 is 0. The van der Waals surface area contributed by atoms with Crippen molar-refractivity contribution in [3.05, 3.63) is 28.7 Å². The third-order valence-electron chi connectivity index (χ3n) is 4.46. The van der Waals surface area contributed by atoms with Gasteiger partial charge in [-0.05, 0) is 43.9 Å². The molecule has 3 rings (SSSR count). The number of aryl methyl sites for hydroxylation is 1. The lowest BCUT2D eigenvalue weighted by Crippen LogP contribution is -2.40. The van der Waals surface area contributed by atoms with Gasteiger partial charge in [0, 0.05) is 26.2 Å². The van der Waals surface area contributed by atoms with Crippen LogP contribution in [0.4, 0.5) is 0 Å². The Morgan fingerprint density at radius 3 is 2.91 bits per heavy atom. The van der Waals surface area contributed by atoms with Crippen LogP contribution >= 0.6 is 0 Å². The summed E-state index contributed by atoms with van der Waals surface area (Å²) in [5.74, 6) is -0.197. The van der Waals surface area contributed by atoms with Crippen LogP contribution in [0, 0.1) is 5.92 Å². The van der Waals surface area contributed by atoms with E-state index in [1.165, 1.54) is 21.0 Å². The van der Waals surface area contributed by atoms with Crippen LogP contribution in [0.15, 0.2) is 32.3 Å². The largest absolute Gasteiger partial charge is 0.419 e. The van der Waals surface area contributed by atoms with E-state index < -0.39 is 15.8 Å². The summed E-state index contributed by atoms with van der Waals surface area (Å²) in [6, 6.07) is 4.56. The number of piperidine rings is 1. The highest BCUT2D eigenvalue weighted by Gasteiger charge is 2.30. The maximum absolute atomic E-state index is 12.8. The molecular formula is C15H21N3O4S. The van der Waals surface area contributed by atoms with Gasteiger partial charge >= 0.3 is 5.76 Å². The van der Waals surface area contributed by atoms with Crippen molar-refractivity contribution in [2.24, 2.45) is 18.7 Å². The van der Waals surface area contributed by atoms with Gasteiger partial charge in [-0.2, -0.15) is 4.31 Å². The minimum Gasteiger partial charge on any atom is -0.408 e. The van der Waals surface area contributed by atoms with Crippen molar-refractivity contribution >= 4 is 21.1 Å². The van der Waals surface area contributed by atoms with Gasteiger partial charge in [0.15, 0.2) is 5.58 Å². The third-order valence-corrected chi connectivity index (χ3v) is 6.32. The number of hydrogen-bond donors (Lipinski definition) is 1. The van der Waals surface area contributed by atoms with Crippen molar-refractivity contribution in [2.45, 2.75) is 24.2 Å². The Hall–Kier alpha value is -1.64. The summed E-state index contributed by atoms with van der Waals surface area (Å²) in [6.45, 7) is 1.58. The van der Waals surface area contributed by atoms with Gasteiger partial charge in [0.05, 0.1) is 10.4 Å². The van der Waals surface area contributed by atoms with E-state index in [4.69, 9.17) is 10.2 Å². The molecule has 1 unspecified atom stereocenters. The molecule has 1 saturated heterocycles. The smallest absolute Gasteiger partial charge is 0.408 e. The minimum absolute atomic E-state index is 0.160. The lowest BCUT2D eigenvalue weighted by atomic mass is 9.96. The first-order valence-electron chi connectivity index (χ1n) is 7.73. The molecule has 2 N–H and O–H groups in total. The average molecular weight is 339 g/mol. The maximum atomic E-state index is 12.8. The second-order valence-corrected chi connectivity index (χ2v) is 7.94. The number of benzene rings is 1. The molecule has 0 aliphatic carbocycles. The van der Waals surface area contributed by atoms with E-state index in [0.717, 1.165) is 19.3 Å². The van der Waals surface area contributed by atoms with Gasteiger partial charge in [0.25, 0.3) is 0 Å². The van der Waals surface area contributed by atoms with Crippen molar-refractivity contribution < 1.29 is 12.8 Å². The molecule has 0 spiro atoms. The van der Waals surface area contributed by atoms with Crippen molar-refractivity contribution in [1.82, 2.24) is 8.87 Å². The van der Waals surface area contributed by atoms with Gasteiger partial charge in [-0.3, -0.25) is 4.57 Å². The summed E-state index contributed by atoms with van der Waals surface area (Å²) in [4.78, 5) is 11.7. The van der Waals surface area contributed by atoms with E-state index in [2.05, 4.69) is 0 Å². The Balaban J connectivity index is 1.94. The van der Waals surface area contributed by atoms with Crippen LogP contribution in [0.5, 0.6) is 0 Å². The van der Waals surface area contributed by atoms with Gasteiger partial charge in [0.1, 0.15) is 0 Å². The van der Waals surface area contributed by atoms with Gasteiger partial charge in [-0.1, -0.05) is 0 Å². The molecule has 8 heteroatoms. The quantitative estimate of drug-likeness (QED) is 0.891. The number of nitrogens with zero attached hydrogens (tertiary/aromatic N) is 2. The van der Waals surface area contributed by atoms with Crippen LogP contribution in [0.2, 0.25) is 0 Å². The van der Waals surface area contributed by atoms with Crippen molar-refractivity contribution in [2.75, 3.05) is 19.6 Å². The molecule has 126 valence electrons. The van der Waals surface area contributed by atoms with E-state index in [-0.39, 0.29) is 10.5 Å². The van der Waals surface area contributed by atoms with E-state index in [9.17, 15) is 13.2 Å². The Morgan fingerprint density at radius 2 is 2.17 bits per heavy atom. The molecule has 0 radical (unpaired) electrons. The standard InChI is InChI=1S/C15H21N3O4S/c1-17-13-5-4-12(9-14(13)22-15(17)19)23(20,21)18-8-2-3-11(10-18)6-7-16/h4-5,9,11H,2-3,6-8,10,16H2,1H3. The van der Waals surface area contributed by atoms with Gasteiger partial charge in [0.2, 0.25) is 10.0 Å². The highest BCUT2D eigenvalue weighted by atomic mass is 32.2. The number of sulfonamides is 1. The molecule has 2 heterocycles. The Bertz CT molecular complexity index is 866. The second-order valence-electron chi connectivity index (χ2n) is 6.01. The molecule has 2 aromatic rings. The predicted molar refractivity (Wildman–Crippen MR) is 86.6 cm³/mol. The molecule has 1 aromatic heterocycles. The van der Waals surface area contributed by atoms with Gasteiger partial charge in [-0.15, -0.1) is 0 Å². The van der Waals surface area contributed by atoms with Gasteiger partial charge < -0.3 is 10.2 Å². The van der Waals surface area contributed by atoms with Crippen LogP contribution in [0.3, 0.4) is 0 Å². The zero-order chi connectivity index (χ0) is 16.6. The molecule has 23 heavy (non-hydrogen) atoms. The highest BCUT2D eigenvalue weighted by Crippen LogP contribution is 2.26. The molecule has 1 aromatic carbocycles. The molecule has 1 aliphatic rings. The predicted octanol–water partition coefficient (Wildman–Crippen LogP) is 0.881. The number of aromatic nitrogens is 1. The summed E-state index contributed by atoms with van der Waals surface area (Å²) < 4.78 is 33.6. The van der Waals surface area contributed by atoms with E-state index in [1.54, 1.807) is 13.1 Å². The summed E-state index contributed by atoms with van der Waals surface area (Å²) in [7, 11) is -2.00. The van der Waals surface area contributed by atoms with E-state index in [0.29, 0.717) is 31.1 Å². The van der Waals surface area contributed by atoms with Gasteiger partial charge in [-0.25, -0.2) is 13.2 Å². The van der Waals surface area contributed by atoms with Crippen molar-refractivity contribution in [3.8, 4) is 0 Å². The minimum atomic E-state index is -3.59. The molecule has 0 bridgehead atoms. The molecule has 0 saturated carbocycles. The van der Waals surface area contributed by atoms with Crippen LogP contribution in [-0.2, 0) is 17.1 Å². The number of fused-ring (bicyclic) bond motifs is 1. The monoisotopic (exact) mass is 339 g/mol. The Morgan fingerprint density at radius 1 is 1.39 bits per heavy atom. The van der Waals surface area contributed by atoms with Crippen LogP contribution in [-0.4, -0.2) is 36.9 Å². The first-order valence-corrected chi connectivity index (χ1v) is 9.17. The van der Waals surface area contributed by atoms with Crippen LogP contribution in [0.25, 0.3) is 11.1 Å².